The van der Waals surface area contributed by atoms with Crippen molar-refractivity contribution < 1.29 is 4.74 Å². The molecule has 0 spiro atoms. The lowest BCUT2D eigenvalue weighted by Gasteiger charge is -2.13. The van der Waals surface area contributed by atoms with Gasteiger partial charge in [0.2, 0.25) is 5.95 Å². The first kappa shape index (κ1) is 16.0. The highest BCUT2D eigenvalue weighted by Crippen LogP contribution is 2.30. The molecule has 0 aromatic carbocycles. The number of hydrogen-bond acceptors (Lipinski definition) is 6. The first-order valence-corrected chi connectivity index (χ1v) is 8.26. The Kier molecular flexibility index (Phi) is 5.76. The van der Waals surface area contributed by atoms with Gasteiger partial charge in [-0.3, -0.25) is 0 Å². The number of methoxy groups -OCH3 is 1. The molecule has 0 aliphatic rings. The predicted molar refractivity (Wildman–Crippen MR) is 90.5 cm³/mol. The monoisotopic (exact) mass is 308 g/mol. The van der Waals surface area contributed by atoms with E-state index in [1.165, 1.54) is 4.88 Å². The van der Waals surface area contributed by atoms with E-state index in [4.69, 9.17) is 4.74 Å². The molecule has 0 aliphatic carbocycles. The lowest BCUT2D eigenvalue weighted by atomic mass is 10.2. The maximum atomic E-state index is 5.18. The number of thiophene rings is 1. The Labute approximate surface area is 130 Å². The van der Waals surface area contributed by atoms with Gasteiger partial charge in [-0.05, 0) is 25.3 Å². The predicted octanol–water partition coefficient (Wildman–Crippen LogP) is 3.38. The molecule has 1 atom stereocenters. The molecule has 0 aliphatic heterocycles. The lowest BCUT2D eigenvalue weighted by Crippen LogP contribution is -2.17. The molecule has 6 heteroatoms. The smallest absolute Gasteiger partial charge is 0.226 e. The second-order valence-electron chi connectivity index (χ2n) is 5.15. The summed E-state index contributed by atoms with van der Waals surface area (Å²) in [7, 11) is 1.73. The zero-order valence-corrected chi connectivity index (χ0v) is 14.0. The first-order valence-electron chi connectivity index (χ1n) is 7.45. The Hall–Kier alpha value is -1.40. The van der Waals surface area contributed by atoms with Crippen molar-refractivity contribution in [2.75, 3.05) is 37.4 Å². The Morgan fingerprint density at radius 2 is 2.10 bits per heavy atom. The van der Waals surface area contributed by atoms with Crippen LogP contribution in [0, 0.1) is 5.92 Å². The Balaban J connectivity index is 2.27. The van der Waals surface area contributed by atoms with Gasteiger partial charge in [0.25, 0.3) is 0 Å². The standard InChI is InChI=1S/C15H24N4OS/c1-5-11-7-12-13(17-8-10(3)9-20-4)18-15(16-6-2)19-14(12)21-11/h7,10H,5-6,8-9H2,1-4H3,(H2,16,17,18,19). The van der Waals surface area contributed by atoms with Gasteiger partial charge in [0.15, 0.2) is 0 Å². The summed E-state index contributed by atoms with van der Waals surface area (Å²) in [6.07, 6.45) is 1.02. The highest BCUT2D eigenvalue weighted by molar-refractivity contribution is 7.18. The number of aryl methyl sites for hydroxylation is 1. The fourth-order valence-electron chi connectivity index (χ4n) is 2.13. The summed E-state index contributed by atoms with van der Waals surface area (Å²) in [6, 6.07) is 2.19. The van der Waals surface area contributed by atoms with Crippen LogP contribution in [0.2, 0.25) is 0 Å². The third kappa shape index (κ3) is 4.04. The molecule has 2 N–H and O–H groups in total. The summed E-state index contributed by atoms with van der Waals surface area (Å²) < 4.78 is 5.18. The van der Waals surface area contributed by atoms with Crippen molar-refractivity contribution in [1.82, 2.24) is 9.97 Å². The van der Waals surface area contributed by atoms with Gasteiger partial charge in [-0.25, -0.2) is 4.98 Å². The molecule has 2 heterocycles. The van der Waals surface area contributed by atoms with E-state index in [1.807, 2.05) is 6.92 Å². The van der Waals surface area contributed by atoms with Gasteiger partial charge in [-0.1, -0.05) is 13.8 Å². The zero-order chi connectivity index (χ0) is 15.2. The van der Waals surface area contributed by atoms with Crippen molar-refractivity contribution in [3.8, 4) is 0 Å². The van der Waals surface area contributed by atoms with Crippen LogP contribution in [0.4, 0.5) is 11.8 Å². The topological polar surface area (TPSA) is 59.1 Å². The van der Waals surface area contributed by atoms with E-state index in [2.05, 4.69) is 40.5 Å². The third-order valence-electron chi connectivity index (χ3n) is 3.20. The fourth-order valence-corrected chi connectivity index (χ4v) is 3.10. The number of rotatable bonds is 8. The molecule has 0 radical (unpaired) electrons. The van der Waals surface area contributed by atoms with Crippen LogP contribution in [-0.4, -0.2) is 36.8 Å². The summed E-state index contributed by atoms with van der Waals surface area (Å²) >= 11 is 1.74. The molecular formula is C15H24N4OS. The van der Waals surface area contributed by atoms with E-state index in [-0.39, 0.29) is 0 Å². The maximum absolute atomic E-state index is 5.18. The summed E-state index contributed by atoms with van der Waals surface area (Å²) in [5, 5.41) is 7.76. The van der Waals surface area contributed by atoms with Crippen LogP contribution in [-0.2, 0) is 11.2 Å². The number of fused-ring (bicyclic) bond motifs is 1. The van der Waals surface area contributed by atoms with E-state index in [0.717, 1.165) is 42.2 Å². The van der Waals surface area contributed by atoms with Gasteiger partial charge in [-0.2, -0.15) is 4.98 Å². The number of nitrogens with one attached hydrogen (secondary N) is 2. The fraction of sp³-hybridized carbons (Fsp3) is 0.600. The number of aromatic nitrogens is 2. The second-order valence-corrected chi connectivity index (χ2v) is 6.27. The molecule has 2 rings (SSSR count). The van der Waals surface area contributed by atoms with Crippen LogP contribution >= 0.6 is 11.3 Å². The van der Waals surface area contributed by atoms with Crippen LogP contribution in [0.1, 0.15) is 25.6 Å². The Bertz CT molecular complexity index is 584. The van der Waals surface area contributed by atoms with Crippen molar-refractivity contribution in [2.24, 2.45) is 5.92 Å². The van der Waals surface area contributed by atoms with E-state index in [0.29, 0.717) is 11.9 Å². The second kappa shape index (κ2) is 7.56. The molecular weight excluding hydrogens is 284 g/mol. The number of hydrogen-bond donors (Lipinski definition) is 2. The SMILES string of the molecule is CCNc1nc(NCC(C)COC)c2cc(CC)sc2n1. The molecule has 2 aromatic rings. The minimum Gasteiger partial charge on any atom is -0.384 e. The molecule has 0 bridgehead atoms. The molecule has 0 saturated heterocycles. The molecule has 21 heavy (non-hydrogen) atoms. The number of nitrogens with zero attached hydrogens (tertiary/aromatic N) is 2. The van der Waals surface area contributed by atoms with Crippen molar-refractivity contribution in [3.05, 3.63) is 10.9 Å². The quantitative estimate of drug-likeness (QED) is 0.783. The normalized spacial score (nSPS) is 12.6. The van der Waals surface area contributed by atoms with E-state index in [1.54, 1.807) is 18.4 Å². The Morgan fingerprint density at radius 3 is 2.76 bits per heavy atom. The summed E-state index contributed by atoms with van der Waals surface area (Å²) in [6.45, 7) is 8.76. The molecule has 1 unspecified atom stereocenters. The first-order chi connectivity index (χ1) is 10.2. The Morgan fingerprint density at radius 1 is 1.29 bits per heavy atom. The van der Waals surface area contributed by atoms with Crippen LogP contribution in [0.5, 0.6) is 0 Å². The summed E-state index contributed by atoms with van der Waals surface area (Å²) in [5.41, 5.74) is 0. The van der Waals surface area contributed by atoms with E-state index < -0.39 is 0 Å². The molecule has 0 fully saturated rings. The zero-order valence-electron chi connectivity index (χ0n) is 13.2. The number of ether oxygens (including phenoxy) is 1. The third-order valence-corrected chi connectivity index (χ3v) is 4.37. The van der Waals surface area contributed by atoms with Crippen LogP contribution in [0.3, 0.4) is 0 Å². The van der Waals surface area contributed by atoms with E-state index in [9.17, 15) is 0 Å². The van der Waals surface area contributed by atoms with Gasteiger partial charge in [-0.15, -0.1) is 11.3 Å². The minimum atomic E-state index is 0.437. The minimum absolute atomic E-state index is 0.437. The van der Waals surface area contributed by atoms with Crippen LogP contribution in [0.15, 0.2) is 6.07 Å². The largest absolute Gasteiger partial charge is 0.384 e. The highest BCUT2D eigenvalue weighted by atomic mass is 32.1. The van der Waals surface area contributed by atoms with Crippen molar-refractivity contribution in [3.63, 3.8) is 0 Å². The molecule has 5 nitrogen and oxygen atoms in total. The maximum Gasteiger partial charge on any atom is 0.226 e. The van der Waals surface area contributed by atoms with Gasteiger partial charge in [0, 0.05) is 25.1 Å². The average molecular weight is 308 g/mol. The van der Waals surface area contributed by atoms with Gasteiger partial charge in [0.05, 0.1) is 12.0 Å². The molecule has 0 saturated carbocycles. The summed E-state index contributed by atoms with van der Waals surface area (Å²) in [4.78, 5) is 11.6. The van der Waals surface area contributed by atoms with Crippen molar-refractivity contribution in [1.29, 1.82) is 0 Å². The van der Waals surface area contributed by atoms with Gasteiger partial charge >= 0.3 is 0 Å². The molecule has 2 aromatic heterocycles. The lowest BCUT2D eigenvalue weighted by molar-refractivity contribution is 0.164. The van der Waals surface area contributed by atoms with Crippen molar-refractivity contribution in [2.45, 2.75) is 27.2 Å². The molecule has 116 valence electrons. The van der Waals surface area contributed by atoms with Gasteiger partial charge < -0.3 is 15.4 Å². The van der Waals surface area contributed by atoms with Gasteiger partial charge in [0.1, 0.15) is 10.6 Å². The molecule has 0 amide bonds. The average Bonchev–Trinajstić information content (AvgIpc) is 2.88. The van der Waals surface area contributed by atoms with E-state index >= 15 is 0 Å². The number of anilines is 2. The highest BCUT2D eigenvalue weighted by Gasteiger charge is 2.12. The summed E-state index contributed by atoms with van der Waals surface area (Å²) in [5.74, 6) is 2.04. The van der Waals surface area contributed by atoms with Crippen molar-refractivity contribution >= 4 is 33.3 Å². The van der Waals surface area contributed by atoms with Crippen LogP contribution < -0.4 is 10.6 Å². The van der Waals surface area contributed by atoms with Crippen LogP contribution in [0.25, 0.3) is 10.2 Å².